The number of rotatable bonds is 3. The highest BCUT2D eigenvalue weighted by molar-refractivity contribution is 7.12. The van der Waals surface area contributed by atoms with Crippen molar-refractivity contribution >= 4 is 51.2 Å². The van der Waals surface area contributed by atoms with Crippen LogP contribution in [0.15, 0.2) is 29.8 Å². The van der Waals surface area contributed by atoms with E-state index in [0.29, 0.717) is 31.6 Å². The molecule has 102 valence electrons. The highest BCUT2D eigenvalue weighted by atomic mass is 35.5. The van der Waals surface area contributed by atoms with Crippen LogP contribution in [0.25, 0.3) is 10.9 Å². The standard InChI is InChI=1S/C14H9Cl2NO2S/c1-19-11-2-3-20-14(11)13(18)8-6-17-10-5-7(15)4-9(16)12(8)10/h2-6,17H,1H3. The van der Waals surface area contributed by atoms with Crippen molar-refractivity contribution in [2.75, 3.05) is 7.11 Å². The summed E-state index contributed by atoms with van der Waals surface area (Å²) in [4.78, 5) is 16.2. The zero-order valence-corrected chi connectivity index (χ0v) is 12.7. The third kappa shape index (κ3) is 2.10. The predicted molar refractivity (Wildman–Crippen MR) is 82.6 cm³/mol. The molecule has 0 radical (unpaired) electrons. The number of carbonyl (C=O) groups is 1. The van der Waals surface area contributed by atoms with Gasteiger partial charge in [-0.25, -0.2) is 0 Å². The van der Waals surface area contributed by atoms with Crippen LogP contribution < -0.4 is 4.74 Å². The molecule has 20 heavy (non-hydrogen) atoms. The minimum Gasteiger partial charge on any atom is -0.495 e. The molecule has 0 aliphatic carbocycles. The molecule has 0 unspecified atom stereocenters. The van der Waals surface area contributed by atoms with Crippen LogP contribution in [0.3, 0.4) is 0 Å². The Kier molecular flexibility index (Phi) is 3.46. The average molecular weight is 326 g/mol. The number of ketones is 1. The third-order valence-electron chi connectivity index (χ3n) is 3.00. The van der Waals surface area contributed by atoms with Gasteiger partial charge in [0.15, 0.2) is 0 Å². The van der Waals surface area contributed by atoms with Crippen molar-refractivity contribution in [1.29, 1.82) is 0 Å². The molecule has 2 aromatic heterocycles. The molecule has 6 heteroatoms. The maximum atomic E-state index is 12.6. The summed E-state index contributed by atoms with van der Waals surface area (Å²) >= 11 is 13.5. The molecule has 0 saturated carbocycles. The number of aromatic amines is 1. The molecular weight excluding hydrogens is 317 g/mol. The van der Waals surface area contributed by atoms with Crippen molar-refractivity contribution in [2.24, 2.45) is 0 Å². The number of fused-ring (bicyclic) bond motifs is 1. The van der Waals surface area contributed by atoms with Gasteiger partial charge in [-0.05, 0) is 23.6 Å². The minimum atomic E-state index is -0.118. The molecule has 0 spiro atoms. The van der Waals surface area contributed by atoms with Crippen LogP contribution in [0.5, 0.6) is 5.75 Å². The van der Waals surface area contributed by atoms with Crippen LogP contribution in [0.4, 0.5) is 0 Å². The lowest BCUT2D eigenvalue weighted by Crippen LogP contribution is -2.00. The summed E-state index contributed by atoms with van der Waals surface area (Å²) < 4.78 is 5.19. The summed E-state index contributed by atoms with van der Waals surface area (Å²) in [6, 6.07) is 5.14. The van der Waals surface area contributed by atoms with Crippen LogP contribution in [0, 0.1) is 0 Å². The fraction of sp³-hybridized carbons (Fsp3) is 0.0714. The maximum absolute atomic E-state index is 12.6. The van der Waals surface area contributed by atoms with Crippen LogP contribution in [-0.4, -0.2) is 17.9 Å². The van der Waals surface area contributed by atoms with Crippen LogP contribution in [-0.2, 0) is 0 Å². The number of methoxy groups -OCH3 is 1. The first-order chi connectivity index (χ1) is 9.61. The Hall–Kier alpha value is -1.49. The largest absolute Gasteiger partial charge is 0.495 e. The summed E-state index contributed by atoms with van der Waals surface area (Å²) in [6.07, 6.45) is 1.65. The third-order valence-corrected chi connectivity index (χ3v) is 4.41. The first kappa shape index (κ1) is 13.5. The van der Waals surface area contributed by atoms with Gasteiger partial charge in [-0.15, -0.1) is 11.3 Å². The molecule has 0 bridgehead atoms. The maximum Gasteiger partial charge on any atom is 0.208 e. The second-order valence-corrected chi connectivity index (χ2v) is 5.92. The first-order valence-corrected chi connectivity index (χ1v) is 7.37. The number of hydrogen-bond acceptors (Lipinski definition) is 3. The molecule has 0 fully saturated rings. The molecule has 3 nitrogen and oxygen atoms in total. The van der Waals surface area contributed by atoms with Gasteiger partial charge in [0.25, 0.3) is 0 Å². The highest BCUT2D eigenvalue weighted by Crippen LogP contribution is 2.34. The Morgan fingerprint density at radius 2 is 2.15 bits per heavy atom. The molecule has 1 aromatic carbocycles. The van der Waals surface area contributed by atoms with E-state index < -0.39 is 0 Å². The Balaban J connectivity index is 2.18. The fourth-order valence-electron chi connectivity index (χ4n) is 2.11. The van der Waals surface area contributed by atoms with Crippen molar-refractivity contribution in [3.05, 3.63) is 50.3 Å². The predicted octanol–water partition coefficient (Wildman–Crippen LogP) is 4.78. The smallest absolute Gasteiger partial charge is 0.208 e. The highest BCUT2D eigenvalue weighted by Gasteiger charge is 2.21. The Morgan fingerprint density at radius 3 is 2.90 bits per heavy atom. The van der Waals surface area contributed by atoms with Gasteiger partial charge >= 0.3 is 0 Å². The van der Waals surface area contributed by atoms with Crippen LogP contribution in [0.2, 0.25) is 10.0 Å². The van der Waals surface area contributed by atoms with E-state index in [1.54, 1.807) is 31.5 Å². The Morgan fingerprint density at radius 1 is 1.35 bits per heavy atom. The van der Waals surface area contributed by atoms with Gasteiger partial charge < -0.3 is 9.72 Å². The second kappa shape index (κ2) is 5.13. The number of carbonyl (C=O) groups excluding carboxylic acids is 1. The Bertz CT molecular complexity index is 807. The van der Waals surface area contributed by atoms with Crippen molar-refractivity contribution in [1.82, 2.24) is 4.98 Å². The molecule has 0 aliphatic rings. The van der Waals surface area contributed by atoms with Gasteiger partial charge in [-0.1, -0.05) is 23.2 Å². The molecule has 1 N–H and O–H groups in total. The van der Waals surface area contributed by atoms with E-state index in [2.05, 4.69) is 4.98 Å². The van der Waals surface area contributed by atoms with Crippen LogP contribution >= 0.6 is 34.5 Å². The molecule has 0 amide bonds. The second-order valence-electron chi connectivity index (χ2n) is 4.16. The van der Waals surface area contributed by atoms with E-state index in [1.165, 1.54) is 11.3 Å². The lowest BCUT2D eigenvalue weighted by molar-refractivity contribution is 0.104. The first-order valence-electron chi connectivity index (χ1n) is 5.74. The average Bonchev–Trinajstić information content (AvgIpc) is 3.03. The van der Waals surface area contributed by atoms with Crippen LogP contribution in [0.1, 0.15) is 15.2 Å². The summed E-state index contributed by atoms with van der Waals surface area (Å²) in [5, 5.41) is 3.47. The molecule has 0 saturated heterocycles. The van der Waals surface area contributed by atoms with Gasteiger partial charge in [0.2, 0.25) is 5.78 Å². The molecule has 0 aliphatic heterocycles. The summed E-state index contributed by atoms with van der Waals surface area (Å²) in [5.74, 6) is 0.451. The number of halogens is 2. The molecule has 3 aromatic rings. The number of aromatic nitrogens is 1. The number of H-pyrrole nitrogens is 1. The molecule has 3 rings (SSSR count). The normalized spacial score (nSPS) is 10.9. The lowest BCUT2D eigenvalue weighted by atomic mass is 10.1. The van der Waals surface area contributed by atoms with E-state index in [9.17, 15) is 4.79 Å². The van der Waals surface area contributed by atoms with Crippen molar-refractivity contribution in [3.8, 4) is 5.75 Å². The summed E-state index contributed by atoms with van der Waals surface area (Å²) in [6.45, 7) is 0. The Labute approximate surface area is 129 Å². The zero-order chi connectivity index (χ0) is 14.3. The summed E-state index contributed by atoms with van der Waals surface area (Å²) in [7, 11) is 1.54. The van der Waals surface area contributed by atoms with Gasteiger partial charge in [0, 0.05) is 22.1 Å². The number of hydrogen-bond donors (Lipinski definition) is 1. The topological polar surface area (TPSA) is 42.1 Å². The van der Waals surface area contributed by atoms with Crippen molar-refractivity contribution in [3.63, 3.8) is 0 Å². The van der Waals surface area contributed by atoms with Gasteiger partial charge in [-0.2, -0.15) is 0 Å². The quantitative estimate of drug-likeness (QED) is 0.704. The lowest BCUT2D eigenvalue weighted by Gasteiger charge is -2.02. The van der Waals surface area contributed by atoms with E-state index in [1.807, 2.05) is 5.38 Å². The van der Waals surface area contributed by atoms with E-state index in [0.717, 1.165) is 5.52 Å². The van der Waals surface area contributed by atoms with Crippen molar-refractivity contribution < 1.29 is 9.53 Å². The molecule has 2 heterocycles. The van der Waals surface area contributed by atoms with E-state index in [4.69, 9.17) is 27.9 Å². The SMILES string of the molecule is COc1ccsc1C(=O)c1c[nH]c2cc(Cl)cc(Cl)c12. The number of benzene rings is 1. The molecule has 0 atom stereocenters. The minimum absolute atomic E-state index is 0.118. The van der Waals surface area contributed by atoms with E-state index in [-0.39, 0.29) is 5.78 Å². The van der Waals surface area contributed by atoms with E-state index >= 15 is 0 Å². The van der Waals surface area contributed by atoms with Crippen molar-refractivity contribution in [2.45, 2.75) is 0 Å². The summed E-state index contributed by atoms with van der Waals surface area (Å²) in [5.41, 5.74) is 1.25. The number of thiophene rings is 1. The van der Waals surface area contributed by atoms with Gasteiger partial charge in [0.1, 0.15) is 10.6 Å². The molecular formula is C14H9Cl2NO2S. The van der Waals surface area contributed by atoms with Gasteiger partial charge in [-0.3, -0.25) is 4.79 Å². The number of ether oxygens (including phenoxy) is 1. The number of nitrogens with one attached hydrogen (secondary N) is 1. The fourth-order valence-corrected chi connectivity index (χ4v) is 3.52. The zero-order valence-electron chi connectivity index (χ0n) is 10.4. The monoisotopic (exact) mass is 325 g/mol. The van der Waals surface area contributed by atoms with Gasteiger partial charge in [0.05, 0.1) is 17.7 Å².